The van der Waals surface area contributed by atoms with Crippen LogP contribution in [-0.2, 0) is 6.54 Å². The van der Waals surface area contributed by atoms with E-state index in [1.807, 2.05) is 0 Å². The first kappa shape index (κ1) is 9.16. The van der Waals surface area contributed by atoms with Crippen LogP contribution in [0.25, 0.3) is 0 Å². The Morgan fingerprint density at radius 1 is 1.50 bits per heavy atom. The van der Waals surface area contributed by atoms with Gasteiger partial charge in [-0.05, 0) is 12.8 Å². The van der Waals surface area contributed by atoms with Crippen molar-refractivity contribution in [1.29, 1.82) is 0 Å². The van der Waals surface area contributed by atoms with Crippen molar-refractivity contribution in [2.45, 2.75) is 33.5 Å². The molecule has 0 aliphatic carbocycles. The van der Waals surface area contributed by atoms with Gasteiger partial charge >= 0.3 is 0 Å². The van der Waals surface area contributed by atoms with Gasteiger partial charge in [-0.1, -0.05) is 19.1 Å². The van der Waals surface area contributed by atoms with Gasteiger partial charge in [-0.2, -0.15) is 0 Å². The van der Waals surface area contributed by atoms with Gasteiger partial charge in [0.25, 0.3) is 0 Å². The normalized spacial score (nSPS) is 13.8. The lowest BCUT2D eigenvalue weighted by Crippen LogP contribution is -2.10. The van der Waals surface area contributed by atoms with E-state index in [-0.39, 0.29) is 0 Å². The maximum absolute atomic E-state index is 12.9. The van der Waals surface area contributed by atoms with Gasteiger partial charge in [0.15, 0.2) is 0 Å². The van der Waals surface area contributed by atoms with Crippen LogP contribution in [0.5, 0.6) is 0 Å². The zero-order chi connectivity index (χ0) is 9.14. The van der Waals surface area contributed by atoms with Crippen molar-refractivity contribution in [3.63, 3.8) is 0 Å². The van der Waals surface area contributed by atoms with E-state index in [0.29, 0.717) is 11.6 Å². The predicted octanol–water partition coefficient (Wildman–Crippen LogP) is 1.96. The van der Waals surface area contributed by atoms with Crippen molar-refractivity contribution in [2.75, 3.05) is 0 Å². The fraction of sp³-hybridized carbons (Fsp3) is 0.750. The van der Waals surface area contributed by atoms with E-state index < -0.39 is 6.17 Å². The zero-order valence-electron chi connectivity index (χ0n) is 7.66. The minimum atomic E-state index is -0.987. The van der Waals surface area contributed by atoms with E-state index in [9.17, 15) is 4.39 Å². The van der Waals surface area contributed by atoms with Crippen LogP contribution in [-0.4, -0.2) is 15.0 Å². The molecule has 0 saturated carbocycles. The standard InChI is InChI=1S/C8H14FN3/c1-6(2)5-12-8(7(3)9)4-10-11-12/h4,6-7H,5H2,1-3H3. The number of halogens is 1. The first-order valence-electron chi connectivity index (χ1n) is 4.13. The second kappa shape index (κ2) is 3.65. The number of aromatic nitrogens is 3. The summed E-state index contributed by atoms with van der Waals surface area (Å²) in [6.45, 7) is 6.35. The monoisotopic (exact) mass is 171 g/mol. The molecule has 0 aliphatic rings. The molecule has 0 fully saturated rings. The molecule has 0 radical (unpaired) electrons. The van der Waals surface area contributed by atoms with E-state index in [1.165, 1.54) is 13.1 Å². The molecule has 12 heavy (non-hydrogen) atoms. The molecular formula is C8H14FN3. The highest BCUT2D eigenvalue weighted by atomic mass is 19.1. The molecule has 4 heteroatoms. The van der Waals surface area contributed by atoms with E-state index in [1.54, 1.807) is 4.68 Å². The summed E-state index contributed by atoms with van der Waals surface area (Å²) in [5.74, 6) is 0.462. The topological polar surface area (TPSA) is 30.7 Å². The van der Waals surface area contributed by atoms with E-state index in [4.69, 9.17) is 0 Å². The SMILES string of the molecule is CC(C)Cn1nncc1C(C)F. The van der Waals surface area contributed by atoms with Crippen LogP contribution >= 0.6 is 0 Å². The van der Waals surface area contributed by atoms with Crippen molar-refractivity contribution < 1.29 is 4.39 Å². The first-order chi connectivity index (χ1) is 5.61. The van der Waals surface area contributed by atoms with Crippen LogP contribution in [0.2, 0.25) is 0 Å². The van der Waals surface area contributed by atoms with Gasteiger partial charge in [0.2, 0.25) is 0 Å². The lowest BCUT2D eigenvalue weighted by Gasteiger charge is -2.08. The van der Waals surface area contributed by atoms with E-state index in [0.717, 1.165) is 6.54 Å². The molecule has 3 nitrogen and oxygen atoms in total. The molecule has 1 atom stereocenters. The summed E-state index contributed by atoms with van der Waals surface area (Å²) in [5, 5.41) is 7.47. The quantitative estimate of drug-likeness (QED) is 0.696. The fourth-order valence-corrected chi connectivity index (χ4v) is 1.06. The van der Waals surface area contributed by atoms with Gasteiger partial charge in [-0.25, -0.2) is 9.07 Å². The molecule has 0 aromatic carbocycles. The van der Waals surface area contributed by atoms with Gasteiger partial charge in [-0.15, -0.1) is 5.10 Å². The van der Waals surface area contributed by atoms with Gasteiger partial charge in [0, 0.05) is 6.54 Å². The fourth-order valence-electron chi connectivity index (χ4n) is 1.06. The highest BCUT2D eigenvalue weighted by Crippen LogP contribution is 2.15. The van der Waals surface area contributed by atoms with Crippen LogP contribution in [0.15, 0.2) is 6.20 Å². The molecule has 68 valence electrons. The Kier molecular flexibility index (Phi) is 2.78. The van der Waals surface area contributed by atoms with Crippen LogP contribution in [0.4, 0.5) is 4.39 Å². The minimum Gasteiger partial charge on any atom is -0.246 e. The molecular weight excluding hydrogens is 157 g/mol. The molecule has 0 aliphatic heterocycles. The summed E-state index contributed by atoms with van der Waals surface area (Å²) in [6.07, 6.45) is 0.492. The number of alkyl halides is 1. The maximum atomic E-state index is 12.9. The van der Waals surface area contributed by atoms with Gasteiger partial charge in [0.05, 0.1) is 11.9 Å². The Labute approximate surface area is 71.6 Å². The molecule has 1 aromatic rings. The molecule has 0 spiro atoms. The smallest absolute Gasteiger partial charge is 0.140 e. The first-order valence-corrected chi connectivity index (χ1v) is 4.13. The molecule has 0 amide bonds. The average Bonchev–Trinajstić information content (AvgIpc) is 2.33. The highest BCUT2D eigenvalue weighted by Gasteiger charge is 2.11. The van der Waals surface area contributed by atoms with Gasteiger partial charge < -0.3 is 0 Å². The lowest BCUT2D eigenvalue weighted by atomic mass is 10.2. The summed E-state index contributed by atoms with van der Waals surface area (Å²) in [4.78, 5) is 0. The van der Waals surface area contributed by atoms with E-state index in [2.05, 4.69) is 24.2 Å². The van der Waals surface area contributed by atoms with Crippen molar-refractivity contribution in [3.8, 4) is 0 Å². The van der Waals surface area contributed by atoms with Crippen LogP contribution in [0.1, 0.15) is 32.6 Å². The Bertz CT molecular complexity index is 242. The highest BCUT2D eigenvalue weighted by molar-refractivity contribution is 4.97. The number of rotatable bonds is 3. The predicted molar refractivity (Wildman–Crippen MR) is 44.4 cm³/mol. The van der Waals surface area contributed by atoms with Crippen LogP contribution in [0, 0.1) is 5.92 Å². The second-order valence-electron chi connectivity index (χ2n) is 3.35. The number of hydrogen-bond acceptors (Lipinski definition) is 2. The Balaban J connectivity index is 2.77. The Morgan fingerprint density at radius 2 is 2.17 bits per heavy atom. The molecule has 0 saturated heterocycles. The van der Waals surface area contributed by atoms with Crippen molar-refractivity contribution in [2.24, 2.45) is 5.92 Å². The molecule has 0 bridgehead atoms. The summed E-state index contributed by atoms with van der Waals surface area (Å²) in [5.41, 5.74) is 0.559. The van der Waals surface area contributed by atoms with Gasteiger partial charge in [-0.3, -0.25) is 0 Å². The maximum Gasteiger partial charge on any atom is 0.140 e. The summed E-state index contributed by atoms with van der Waals surface area (Å²) in [7, 11) is 0. The largest absolute Gasteiger partial charge is 0.246 e. The summed E-state index contributed by atoms with van der Waals surface area (Å²) < 4.78 is 14.5. The minimum absolute atomic E-state index is 0.462. The Hall–Kier alpha value is -0.930. The molecule has 1 heterocycles. The van der Waals surface area contributed by atoms with E-state index >= 15 is 0 Å². The third kappa shape index (κ3) is 2.03. The molecule has 1 aromatic heterocycles. The lowest BCUT2D eigenvalue weighted by molar-refractivity contribution is 0.336. The average molecular weight is 171 g/mol. The second-order valence-corrected chi connectivity index (χ2v) is 3.35. The third-order valence-electron chi connectivity index (χ3n) is 1.59. The van der Waals surface area contributed by atoms with Crippen molar-refractivity contribution in [3.05, 3.63) is 11.9 Å². The van der Waals surface area contributed by atoms with Crippen LogP contribution in [0.3, 0.4) is 0 Å². The molecule has 1 unspecified atom stereocenters. The van der Waals surface area contributed by atoms with Gasteiger partial charge in [0.1, 0.15) is 6.17 Å². The molecule has 0 N–H and O–H groups in total. The molecule has 1 rings (SSSR count). The van der Waals surface area contributed by atoms with Crippen molar-refractivity contribution in [1.82, 2.24) is 15.0 Å². The zero-order valence-corrected chi connectivity index (χ0v) is 7.66. The number of nitrogens with zero attached hydrogens (tertiary/aromatic N) is 3. The van der Waals surface area contributed by atoms with Crippen molar-refractivity contribution >= 4 is 0 Å². The number of hydrogen-bond donors (Lipinski definition) is 0. The Morgan fingerprint density at radius 3 is 2.67 bits per heavy atom. The summed E-state index contributed by atoms with van der Waals surface area (Å²) in [6, 6.07) is 0. The summed E-state index contributed by atoms with van der Waals surface area (Å²) >= 11 is 0. The van der Waals surface area contributed by atoms with Crippen LogP contribution < -0.4 is 0 Å². The third-order valence-corrected chi connectivity index (χ3v) is 1.59.